The van der Waals surface area contributed by atoms with Gasteiger partial charge in [0.1, 0.15) is 23.3 Å². The number of hydrogen-bond acceptors (Lipinski definition) is 7. The van der Waals surface area contributed by atoms with E-state index in [1.807, 2.05) is 0 Å². The molecule has 0 bridgehead atoms. The first-order valence-corrected chi connectivity index (χ1v) is 13.7. The second-order valence-corrected chi connectivity index (χ2v) is 12.1. The van der Waals surface area contributed by atoms with Gasteiger partial charge in [-0.3, -0.25) is 9.59 Å². The molecule has 0 radical (unpaired) electrons. The average Bonchev–Trinajstić information content (AvgIpc) is 2.76. The van der Waals surface area contributed by atoms with Crippen molar-refractivity contribution in [2.45, 2.75) is 97.4 Å². The highest BCUT2D eigenvalue weighted by atomic mass is 79.9. The molecule has 0 aliphatic rings. The number of nitrogens with one attached hydrogen (secondary N) is 4. The van der Waals surface area contributed by atoms with Crippen molar-refractivity contribution in [1.29, 1.82) is 0 Å². The van der Waals surface area contributed by atoms with Crippen LogP contribution >= 0.6 is 15.9 Å². The van der Waals surface area contributed by atoms with Crippen molar-refractivity contribution < 1.29 is 38.6 Å². The summed E-state index contributed by atoms with van der Waals surface area (Å²) in [5.74, 6) is -3.28. The quantitative estimate of drug-likeness (QED) is 0.226. The van der Waals surface area contributed by atoms with Crippen LogP contribution in [0.3, 0.4) is 0 Å². The van der Waals surface area contributed by atoms with Gasteiger partial charge in [-0.15, -0.1) is 0 Å². The fraction of sp³-hybridized carbons (Fsp3) is 0.593. The Bertz CT molecular complexity index is 1080. The van der Waals surface area contributed by atoms with Gasteiger partial charge in [-0.25, -0.2) is 14.4 Å². The number of ether oxygens (including phenoxy) is 2. The third-order valence-electron chi connectivity index (χ3n) is 5.20. The molecule has 1 rings (SSSR count). The van der Waals surface area contributed by atoms with Crippen LogP contribution in [0.25, 0.3) is 0 Å². The zero-order chi connectivity index (χ0) is 30.8. The molecule has 224 valence electrons. The van der Waals surface area contributed by atoms with E-state index >= 15 is 0 Å². The number of alkyl carbamates (subject to hydrolysis) is 2. The third kappa shape index (κ3) is 12.7. The van der Waals surface area contributed by atoms with Gasteiger partial charge in [0.15, 0.2) is 0 Å². The van der Waals surface area contributed by atoms with Crippen molar-refractivity contribution in [3.63, 3.8) is 0 Å². The summed E-state index contributed by atoms with van der Waals surface area (Å²) < 4.78 is 10.9. The smallest absolute Gasteiger partial charge is 0.408 e. The van der Waals surface area contributed by atoms with Gasteiger partial charge in [0.2, 0.25) is 11.8 Å². The molecule has 13 heteroatoms. The number of para-hydroxylation sites is 1. The molecule has 5 N–H and O–H groups in total. The number of amides is 4. The lowest BCUT2D eigenvalue weighted by atomic mass is 9.85. The number of carbonyl (C=O) groups is 5. The molecule has 0 unspecified atom stereocenters. The monoisotopic (exact) mass is 628 g/mol. The van der Waals surface area contributed by atoms with Crippen molar-refractivity contribution in [1.82, 2.24) is 16.0 Å². The lowest BCUT2D eigenvalue weighted by Gasteiger charge is -2.29. The molecule has 0 saturated carbocycles. The Kier molecular flexibility index (Phi) is 12.9. The maximum absolute atomic E-state index is 13.0. The lowest BCUT2D eigenvalue weighted by molar-refractivity contribution is -0.142. The minimum Gasteiger partial charge on any atom is -0.480 e. The molecule has 3 atom stereocenters. The van der Waals surface area contributed by atoms with Crippen molar-refractivity contribution in [3.8, 4) is 0 Å². The highest BCUT2D eigenvalue weighted by Crippen LogP contribution is 2.36. The molecule has 40 heavy (non-hydrogen) atoms. The Morgan fingerprint density at radius 2 is 1.52 bits per heavy atom. The highest BCUT2D eigenvalue weighted by molar-refractivity contribution is 9.10. The number of aliphatic carboxylic acids is 1. The number of carboxylic acid groups (broad SMARTS) is 1. The first-order valence-electron chi connectivity index (χ1n) is 12.9. The molecule has 0 spiro atoms. The van der Waals surface area contributed by atoms with E-state index in [0.29, 0.717) is 22.1 Å². The summed E-state index contributed by atoms with van der Waals surface area (Å²) in [6.07, 6.45) is -0.923. The molecular weight excluding hydrogens is 588 g/mol. The molecule has 1 aromatic carbocycles. The van der Waals surface area contributed by atoms with Gasteiger partial charge in [-0.1, -0.05) is 12.1 Å². The van der Waals surface area contributed by atoms with E-state index in [2.05, 4.69) is 37.2 Å². The number of halogens is 1. The van der Waals surface area contributed by atoms with E-state index in [-0.39, 0.29) is 18.9 Å². The fourth-order valence-corrected chi connectivity index (χ4v) is 4.13. The van der Waals surface area contributed by atoms with Gasteiger partial charge < -0.3 is 35.8 Å². The zero-order valence-electron chi connectivity index (χ0n) is 24.3. The Hall–Kier alpha value is -3.35. The summed E-state index contributed by atoms with van der Waals surface area (Å²) in [7, 11) is 0. The molecule has 0 aliphatic carbocycles. The van der Waals surface area contributed by atoms with Crippen LogP contribution < -0.4 is 21.3 Å². The number of hydrogen-bond donors (Lipinski definition) is 5. The SMILES string of the molecule is CC(=O)Nc1c(Br)cccc1[C@@H](CCCNC(=O)OC(C)(C)C)[C@H](NC(=O)[C@H](C)NC(=O)OC(C)(C)C)C(=O)O. The van der Waals surface area contributed by atoms with Gasteiger partial charge >= 0.3 is 18.2 Å². The summed E-state index contributed by atoms with van der Waals surface area (Å²) in [5, 5.41) is 20.4. The highest BCUT2D eigenvalue weighted by Gasteiger charge is 2.34. The van der Waals surface area contributed by atoms with E-state index in [4.69, 9.17) is 9.47 Å². The number of anilines is 1. The van der Waals surface area contributed by atoms with Crippen LogP contribution in [0, 0.1) is 0 Å². The molecule has 0 aliphatic heterocycles. The van der Waals surface area contributed by atoms with Gasteiger partial charge in [0.05, 0.1) is 5.69 Å². The maximum Gasteiger partial charge on any atom is 0.408 e. The second-order valence-electron chi connectivity index (χ2n) is 11.3. The van der Waals surface area contributed by atoms with Crippen LogP contribution in [0.15, 0.2) is 22.7 Å². The van der Waals surface area contributed by atoms with Gasteiger partial charge in [-0.2, -0.15) is 0 Å². The van der Waals surface area contributed by atoms with Gasteiger partial charge in [0.25, 0.3) is 0 Å². The number of carbonyl (C=O) groups excluding carboxylic acids is 4. The summed E-state index contributed by atoms with van der Waals surface area (Å²) in [4.78, 5) is 61.6. The first-order chi connectivity index (χ1) is 18.3. The number of rotatable bonds is 11. The van der Waals surface area contributed by atoms with Crippen LogP contribution in [0.4, 0.5) is 15.3 Å². The number of carboxylic acids is 1. The predicted molar refractivity (Wildman–Crippen MR) is 153 cm³/mol. The standard InChI is InChI=1S/C27H41BrN4O8/c1-15(30-25(38)40-27(6,7)8)22(34)32-21(23(35)36)18(12-10-14-29-24(37)39-26(3,4)5)17-11-9-13-19(28)20(17)31-16(2)33/h9,11,13,15,18,21H,10,12,14H2,1-8H3,(H,29,37)(H,30,38)(H,31,33)(H,32,34)(H,35,36)/t15-,18+,21-/m0/s1. The topological polar surface area (TPSA) is 172 Å². The molecule has 12 nitrogen and oxygen atoms in total. The second kappa shape index (κ2) is 14.9. The Morgan fingerprint density at radius 3 is 2.05 bits per heavy atom. The summed E-state index contributed by atoms with van der Waals surface area (Å²) in [6, 6.07) is 2.48. The van der Waals surface area contributed by atoms with Crippen molar-refractivity contribution in [2.75, 3.05) is 11.9 Å². The van der Waals surface area contributed by atoms with E-state index in [9.17, 15) is 29.1 Å². The zero-order valence-corrected chi connectivity index (χ0v) is 25.9. The van der Waals surface area contributed by atoms with Crippen LogP contribution in [-0.2, 0) is 23.9 Å². The van der Waals surface area contributed by atoms with Gasteiger partial charge in [-0.05, 0) is 88.9 Å². The predicted octanol–water partition coefficient (Wildman–Crippen LogP) is 4.28. The van der Waals surface area contributed by atoms with Crippen LogP contribution in [0.5, 0.6) is 0 Å². The summed E-state index contributed by atoms with van der Waals surface area (Å²) in [6.45, 7) is 13.1. The molecule has 4 amide bonds. The minimum atomic E-state index is -1.45. The van der Waals surface area contributed by atoms with Crippen molar-refractivity contribution in [3.05, 3.63) is 28.2 Å². The lowest BCUT2D eigenvalue weighted by Crippen LogP contribution is -2.53. The van der Waals surface area contributed by atoms with E-state index in [0.717, 1.165) is 0 Å². The normalized spacial score (nSPS) is 13.7. The van der Waals surface area contributed by atoms with Crippen molar-refractivity contribution in [2.24, 2.45) is 0 Å². The van der Waals surface area contributed by atoms with Crippen LogP contribution in [0.1, 0.15) is 79.7 Å². The van der Waals surface area contributed by atoms with Crippen LogP contribution in [0.2, 0.25) is 0 Å². The Labute approximate surface area is 243 Å². The molecule has 1 aromatic rings. The molecule has 0 saturated heterocycles. The fourth-order valence-electron chi connectivity index (χ4n) is 3.65. The molecule has 0 aromatic heterocycles. The molecule has 0 fully saturated rings. The summed E-state index contributed by atoms with van der Waals surface area (Å²) >= 11 is 3.40. The van der Waals surface area contributed by atoms with E-state index in [1.54, 1.807) is 59.7 Å². The first kappa shape index (κ1) is 34.7. The average molecular weight is 630 g/mol. The van der Waals surface area contributed by atoms with E-state index < -0.39 is 53.3 Å². The van der Waals surface area contributed by atoms with Gasteiger partial charge in [0, 0.05) is 23.9 Å². The minimum absolute atomic E-state index is 0.172. The maximum atomic E-state index is 13.0. The summed E-state index contributed by atoms with van der Waals surface area (Å²) in [5.41, 5.74) is -0.648. The Balaban J connectivity index is 3.24. The van der Waals surface area contributed by atoms with E-state index in [1.165, 1.54) is 13.8 Å². The molecule has 0 heterocycles. The third-order valence-corrected chi connectivity index (χ3v) is 5.86. The largest absolute Gasteiger partial charge is 0.480 e. The van der Waals surface area contributed by atoms with Crippen molar-refractivity contribution >= 4 is 51.6 Å². The molecular formula is C27H41BrN4O8. The van der Waals surface area contributed by atoms with Crippen LogP contribution in [-0.4, -0.2) is 64.9 Å². The Morgan fingerprint density at radius 1 is 0.950 bits per heavy atom. The number of benzene rings is 1.